The third-order valence-corrected chi connectivity index (χ3v) is 8.63. The molecule has 2 aromatic carbocycles. The van der Waals surface area contributed by atoms with Crippen molar-refractivity contribution < 1.29 is 4.79 Å². The summed E-state index contributed by atoms with van der Waals surface area (Å²) in [6, 6.07) is 23.7. The lowest BCUT2D eigenvalue weighted by molar-refractivity contribution is -0.134. The van der Waals surface area contributed by atoms with Crippen LogP contribution in [0.25, 0.3) is 0 Å². The van der Waals surface area contributed by atoms with Crippen molar-refractivity contribution in [3.8, 4) is 0 Å². The number of aromatic nitrogens is 1. The Hall–Kier alpha value is -3.22. The summed E-state index contributed by atoms with van der Waals surface area (Å²) in [4.78, 5) is 24.3. The van der Waals surface area contributed by atoms with Gasteiger partial charge in [-0.25, -0.2) is 4.98 Å². The van der Waals surface area contributed by atoms with Crippen molar-refractivity contribution in [2.45, 2.75) is 38.1 Å². The molecule has 1 saturated carbocycles. The Morgan fingerprint density at radius 1 is 1.00 bits per heavy atom. The number of amides is 1. The molecule has 3 heterocycles. The van der Waals surface area contributed by atoms with Crippen LogP contribution in [0, 0.1) is 5.92 Å². The minimum atomic E-state index is -0.345. The monoisotopic (exact) mass is 511 g/mol. The number of piperazine rings is 1. The van der Waals surface area contributed by atoms with E-state index >= 15 is 0 Å². The summed E-state index contributed by atoms with van der Waals surface area (Å²) in [6.45, 7) is 9.41. The number of benzene rings is 2. The van der Waals surface area contributed by atoms with Crippen LogP contribution in [-0.2, 0) is 16.6 Å². The molecule has 6 rings (SSSR count). The number of likely N-dealkylation sites (N-methyl/N-ethyl adjacent to an activating group) is 2. The molecule has 1 saturated heterocycles. The molecule has 2 fully saturated rings. The summed E-state index contributed by atoms with van der Waals surface area (Å²) in [5.41, 5.74) is 10.8. The third kappa shape index (κ3) is 4.83. The molecular weight excluding hydrogens is 470 g/mol. The van der Waals surface area contributed by atoms with Crippen LogP contribution in [0.3, 0.4) is 0 Å². The highest BCUT2D eigenvalue weighted by Crippen LogP contribution is 2.54. The number of nitrogens with two attached hydrogens (primary N) is 1. The maximum Gasteiger partial charge on any atom is 0.233 e. The SMILES string of the molecule is CCN(CC)C(=O)[C@]1(c2ccccc2)C[C@@H]1CN.CN1CCN2c3ncccc3Cc3ccccc3C2C1. The quantitative estimate of drug-likeness (QED) is 0.555. The summed E-state index contributed by atoms with van der Waals surface area (Å²) in [5.74, 6) is 1.73. The second-order valence-electron chi connectivity index (χ2n) is 10.8. The van der Waals surface area contributed by atoms with E-state index in [1.807, 2.05) is 43.1 Å². The van der Waals surface area contributed by atoms with E-state index in [1.54, 1.807) is 0 Å². The average Bonchev–Trinajstić information content (AvgIpc) is 3.73. The van der Waals surface area contributed by atoms with Gasteiger partial charge in [-0.1, -0.05) is 60.7 Å². The van der Waals surface area contributed by atoms with Crippen LogP contribution in [0.2, 0.25) is 0 Å². The maximum atomic E-state index is 12.7. The molecule has 0 bridgehead atoms. The molecule has 3 atom stereocenters. The Balaban J connectivity index is 0.000000156. The van der Waals surface area contributed by atoms with E-state index < -0.39 is 0 Å². The lowest BCUT2D eigenvalue weighted by atomic mass is 9.91. The highest BCUT2D eigenvalue weighted by atomic mass is 16.2. The van der Waals surface area contributed by atoms with Crippen LogP contribution in [0.4, 0.5) is 5.82 Å². The van der Waals surface area contributed by atoms with Gasteiger partial charge in [0.15, 0.2) is 0 Å². The van der Waals surface area contributed by atoms with Gasteiger partial charge < -0.3 is 20.4 Å². The molecule has 3 aromatic rings. The fourth-order valence-corrected chi connectivity index (χ4v) is 6.37. The number of hydrogen-bond donors (Lipinski definition) is 1. The molecule has 1 amide bonds. The van der Waals surface area contributed by atoms with E-state index in [9.17, 15) is 4.79 Å². The fourth-order valence-electron chi connectivity index (χ4n) is 6.37. The Morgan fingerprint density at radius 2 is 1.71 bits per heavy atom. The highest BCUT2D eigenvalue weighted by Gasteiger charge is 2.61. The van der Waals surface area contributed by atoms with Gasteiger partial charge in [0.05, 0.1) is 11.5 Å². The van der Waals surface area contributed by atoms with E-state index in [2.05, 4.69) is 70.4 Å². The minimum Gasteiger partial charge on any atom is -0.347 e. The Morgan fingerprint density at radius 3 is 2.42 bits per heavy atom. The van der Waals surface area contributed by atoms with Crippen molar-refractivity contribution in [3.05, 3.63) is 95.2 Å². The Kier molecular flexibility index (Phi) is 7.82. The highest BCUT2D eigenvalue weighted by molar-refractivity contribution is 5.92. The van der Waals surface area contributed by atoms with Crippen molar-refractivity contribution in [2.24, 2.45) is 11.7 Å². The molecule has 6 nitrogen and oxygen atoms in total. The number of carbonyl (C=O) groups excluding carboxylic acids is 1. The standard InChI is InChI=1S/C17H19N3.C15H22N2O/c1-19-9-10-20-16(12-19)15-7-3-2-5-13(15)11-14-6-4-8-18-17(14)20;1-3-17(4-2)14(18)15(10-13(15)11-16)12-8-6-5-7-9-12/h2-8,16H,9-12H2,1H3;5-9,13H,3-4,10-11,16H2,1-2H3/t;13-,15+/m.1/s1. The van der Waals surface area contributed by atoms with Gasteiger partial charge in [0.1, 0.15) is 5.82 Å². The van der Waals surface area contributed by atoms with Gasteiger partial charge in [-0.15, -0.1) is 0 Å². The topological polar surface area (TPSA) is 65.7 Å². The molecule has 1 aliphatic carbocycles. The molecule has 0 spiro atoms. The van der Waals surface area contributed by atoms with Crippen LogP contribution in [0.15, 0.2) is 72.9 Å². The third-order valence-electron chi connectivity index (χ3n) is 8.63. The zero-order valence-electron chi connectivity index (χ0n) is 23.0. The van der Waals surface area contributed by atoms with Crippen LogP contribution in [0.1, 0.15) is 48.6 Å². The summed E-state index contributed by atoms with van der Waals surface area (Å²) in [5, 5.41) is 0. The van der Waals surface area contributed by atoms with E-state index in [4.69, 9.17) is 5.73 Å². The van der Waals surface area contributed by atoms with E-state index in [0.717, 1.165) is 51.1 Å². The molecule has 38 heavy (non-hydrogen) atoms. The second-order valence-corrected chi connectivity index (χ2v) is 10.8. The Bertz CT molecular complexity index is 1240. The number of hydrogen-bond acceptors (Lipinski definition) is 5. The van der Waals surface area contributed by atoms with Crippen molar-refractivity contribution in [1.29, 1.82) is 0 Å². The van der Waals surface area contributed by atoms with E-state index in [0.29, 0.717) is 18.5 Å². The van der Waals surface area contributed by atoms with Crippen molar-refractivity contribution in [3.63, 3.8) is 0 Å². The number of nitrogens with zero attached hydrogens (tertiary/aromatic N) is 4. The number of rotatable bonds is 5. The van der Waals surface area contributed by atoms with Crippen LogP contribution < -0.4 is 10.6 Å². The van der Waals surface area contributed by atoms with Gasteiger partial charge in [-0.2, -0.15) is 0 Å². The number of fused-ring (bicyclic) bond motifs is 5. The van der Waals surface area contributed by atoms with E-state index in [1.165, 1.54) is 22.5 Å². The largest absolute Gasteiger partial charge is 0.347 e. The molecule has 2 aliphatic heterocycles. The first kappa shape index (κ1) is 26.4. The van der Waals surface area contributed by atoms with Gasteiger partial charge in [0, 0.05) is 45.3 Å². The van der Waals surface area contributed by atoms with Crippen molar-refractivity contribution >= 4 is 11.7 Å². The van der Waals surface area contributed by atoms with Crippen LogP contribution in [0.5, 0.6) is 0 Å². The summed E-state index contributed by atoms with van der Waals surface area (Å²) in [7, 11) is 2.21. The average molecular weight is 512 g/mol. The first-order valence-electron chi connectivity index (χ1n) is 14.0. The minimum absolute atomic E-state index is 0.245. The molecular formula is C32H41N5O. The van der Waals surface area contributed by atoms with Crippen LogP contribution in [-0.4, -0.2) is 67.0 Å². The fraction of sp³-hybridized carbons (Fsp3) is 0.438. The van der Waals surface area contributed by atoms with Gasteiger partial charge in [0.25, 0.3) is 0 Å². The summed E-state index contributed by atoms with van der Waals surface area (Å²) >= 11 is 0. The smallest absolute Gasteiger partial charge is 0.233 e. The van der Waals surface area contributed by atoms with Gasteiger partial charge >= 0.3 is 0 Å². The second kappa shape index (κ2) is 11.3. The predicted molar refractivity (Wildman–Crippen MR) is 154 cm³/mol. The summed E-state index contributed by atoms with van der Waals surface area (Å²) < 4.78 is 0. The molecule has 6 heteroatoms. The van der Waals surface area contributed by atoms with Gasteiger partial charge in [-0.3, -0.25) is 4.79 Å². The molecule has 200 valence electrons. The van der Waals surface area contributed by atoms with Gasteiger partial charge in [-0.05, 0) is 68.1 Å². The predicted octanol–water partition coefficient (Wildman–Crippen LogP) is 4.25. The first-order chi connectivity index (χ1) is 18.5. The summed E-state index contributed by atoms with van der Waals surface area (Å²) in [6.07, 6.45) is 3.81. The van der Waals surface area contributed by atoms with Gasteiger partial charge in [0.2, 0.25) is 5.91 Å². The zero-order valence-corrected chi connectivity index (χ0v) is 23.0. The molecule has 1 unspecified atom stereocenters. The molecule has 3 aliphatic rings. The zero-order chi connectivity index (χ0) is 26.7. The van der Waals surface area contributed by atoms with E-state index in [-0.39, 0.29) is 11.3 Å². The van der Waals surface area contributed by atoms with Crippen molar-refractivity contribution in [2.75, 3.05) is 51.2 Å². The molecule has 1 aromatic heterocycles. The number of carbonyl (C=O) groups is 1. The number of anilines is 1. The Labute approximate surface area is 227 Å². The normalized spacial score (nSPS) is 23.6. The van der Waals surface area contributed by atoms with Crippen LogP contribution >= 0.6 is 0 Å². The first-order valence-corrected chi connectivity index (χ1v) is 14.0. The molecule has 0 radical (unpaired) electrons. The van der Waals surface area contributed by atoms with Crippen molar-refractivity contribution in [1.82, 2.24) is 14.8 Å². The lowest BCUT2D eigenvalue weighted by Gasteiger charge is -2.41. The maximum absolute atomic E-state index is 12.7. The molecule has 2 N–H and O–H groups in total. The lowest BCUT2D eigenvalue weighted by Crippen LogP contribution is -2.47. The number of pyridine rings is 1.